The Morgan fingerprint density at radius 3 is 2.71 bits per heavy atom. The molecule has 9 nitrogen and oxygen atoms in total. The number of amides is 1. The van der Waals surface area contributed by atoms with Crippen LogP contribution in [0.15, 0.2) is 53.3 Å². The number of likely N-dealkylation sites (tertiary alicyclic amines) is 1. The highest BCUT2D eigenvalue weighted by Crippen LogP contribution is 2.38. The molecule has 0 bridgehead atoms. The lowest BCUT2D eigenvalue weighted by atomic mass is 9.96. The maximum absolute atomic E-state index is 13.5. The molecule has 6 rings (SSSR count). The summed E-state index contributed by atoms with van der Waals surface area (Å²) >= 11 is 3.69. The molecule has 11 heteroatoms. The highest BCUT2D eigenvalue weighted by molar-refractivity contribution is 9.10. The van der Waals surface area contributed by atoms with Crippen molar-refractivity contribution in [2.24, 2.45) is 5.41 Å². The van der Waals surface area contributed by atoms with Crippen molar-refractivity contribution in [1.29, 1.82) is 5.26 Å². The molecule has 1 aliphatic carbocycles. The van der Waals surface area contributed by atoms with Crippen LogP contribution < -0.4 is 10.6 Å². The maximum atomic E-state index is 13.5. The quantitative estimate of drug-likeness (QED) is 0.237. The van der Waals surface area contributed by atoms with Gasteiger partial charge >= 0.3 is 0 Å². The molecule has 2 aromatic heterocycles. The Hall–Kier alpha value is -4.04. The van der Waals surface area contributed by atoms with Gasteiger partial charge in [-0.25, -0.2) is 9.07 Å². The number of carbonyl (C=O) groups excluding carboxylic acids is 1. The normalized spacial score (nSPS) is 16.1. The van der Waals surface area contributed by atoms with Gasteiger partial charge in [-0.2, -0.15) is 5.26 Å². The standard InChI is InChI=1S/C31H32BrFN8O/c1-31(2,3)17-36-27-20(12-34)13-35-29-24(27)10-22(11-25(29)32)37-28(26-16-41(39-38-26)23-7-8-23)18-5-4-6-19(9-18)30(42)40-14-21(33)15-40/h4-6,9-11,13,16,21,23,28,37H,7-8,14-15,17H2,1-3H3,(H,35,36). The first-order chi connectivity index (χ1) is 20.1. The molecular formula is C31H32BrFN8O. The molecule has 1 saturated heterocycles. The monoisotopic (exact) mass is 630 g/mol. The van der Waals surface area contributed by atoms with E-state index in [1.54, 1.807) is 12.3 Å². The van der Waals surface area contributed by atoms with Crippen LogP contribution in [0.3, 0.4) is 0 Å². The first-order valence-electron chi connectivity index (χ1n) is 14.1. The van der Waals surface area contributed by atoms with Crippen molar-refractivity contribution < 1.29 is 9.18 Å². The zero-order valence-electron chi connectivity index (χ0n) is 23.7. The van der Waals surface area contributed by atoms with Gasteiger partial charge in [0.25, 0.3) is 5.91 Å². The van der Waals surface area contributed by atoms with E-state index in [0.717, 1.165) is 45.2 Å². The number of carbonyl (C=O) groups is 1. The second-order valence-corrected chi connectivity index (χ2v) is 13.1. The lowest BCUT2D eigenvalue weighted by Crippen LogP contribution is -2.51. The topological polar surface area (TPSA) is 112 Å². The Kier molecular flexibility index (Phi) is 7.35. The van der Waals surface area contributed by atoms with Gasteiger partial charge in [0.15, 0.2) is 0 Å². The van der Waals surface area contributed by atoms with Gasteiger partial charge in [-0.3, -0.25) is 9.78 Å². The number of anilines is 2. The summed E-state index contributed by atoms with van der Waals surface area (Å²) in [5.41, 5.74) is 4.74. The molecule has 1 amide bonds. The van der Waals surface area contributed by atoms with Gasteiger partial charge in [0, 0.05) is 33.9 Å². The van der Waals surface area contributed by atoms with E-state index in [-0.39, 0.29) is 24.4 Å². The third-order valence-corrected chi connectivity index (χ3v) is 8.09. The van der Waals surface area contributed by atoms with Crippen LogP contribution in [0.1, 0.15) is 72.9 Å². The van der Waals surface area contributed by atoms with Crippen LogP contribution in [0.5, 0.6) is 0 Å². The van der Waals surface area contributed by atoms with Crippen LogP contribution in [0.2, 0.25) is 0 Å². The fraction of sp³-hybridized carbons (Fsp3) is 0.387. The number of alkyl halides is 1. The number of hydrogen-bond acceptors (Lipinski definition) is 7. The minimum absolute atomic E-state index is 0.00247. The number of nitrogens with one attached hydrogen (secondary N) is 2. The Bertz CT molecular complexity index is 1700. The molecule has 2 N–H and O–H groups in total. The molecule has 2 aromatic carbocycles. The predicted molar refractivity (Wildman–Crippen MR) is 163 cm³/mol. The largest absolute Gasteiger partial charge is 0.383 e. The number of nitrogens with zero attached hydrogens (tertiary/aromatic N) is 6. The van der Waals surface area contributed by atoms with Crippen LogP contribution in [0, 0.1) is 16.7 Å². The molecule has 1 atom stereocenters. The van der Waals surface area contributed by atoms with Crippen LogP contribution in [0.4, 0.5) is 15.8 Å². The van der Waals surface area contributed by atoms with E-state index < -0.39 is 12.2 Å². The van der Waals surface area contributed by atoms with Crippen molar-refractivity contribution in [1.82, 2.24) is 24.9 Å². The molecule has 1 aliphatic heterocycles. The summed E-state index contributed by atoms with van der Waals surface area (Å²) in [6, 6.07) is 13.5. The molecule has 0 radical (unpaired) electrons. The molecule has 0 spiro atoms. The molecule has 1 saturated carbocycles. The predicted octanol–water partition coefficient (Wildman–Crippen LogP) is 6.25. The highest BCUT2D eigenvalue weighted by Gasteiger charge is 2.32. The van der Waals surface area contributed by atoms with Gasteiger partial charge < -0.3 is 15.5 Å². The van der Waals surface area contributed by atoms with Crippen LogP contribution in [-0.2, 0) is 0 Å². The molecule has 42 heavy (non-hydrogen) atoms. The van der Waals surface area contributed by atoms with Gasteiger partial charge in [-0.1, -0.05) is 38.1 Å². The fourth-order valence-corrected chi connectivity index (χ4v) is 5.59. The number of pyridine rings is 1. The smallest absolute Gasteiger partial charge is 0.254 e. The summed E-state index contributed by atoms with van der Waals surface area (Å²) in [7, 11) is 0. The van der Waals surface area contributed by atoms with E-state index in [2.05, 4.69) is 68.7 Å². The average molecular weight is 632 g/mol. The number of halogens is 2. The molecule has 2 aliphatic rings. The van der Waals surface area contributed by atoms with E-state index in [0.29, 0.717) is 29.4 Å². The van der Waals surface area contributed by atoms with Crippen molar-refractivity contribution in [2.75, 3.05) is 30.3 Å². The SMILES string of the molecule is CC(C)(C)CNc1c(C#N)cnc2c(Br)cc(NC(c3cccc(C(=O)N4CC(F)C4)c3)c3cn(C4CC4)nn3)cc12. The Morgan fingerprint density at radius 2 is 2.02 bits per heavy atom. The van der Waals surface area contributed by atoms with Crippen LogP contribution in [0.25, 0.3) is 10.9 Å². The zero-order chi connectivity index (χ0) is 29.6. The number of aromatic nitrogens is 4. The van der Waals surface area contributed by atoms with Gasteiger partial charge in [0.1, 0.15) is 17.9 Å². The van der Waals surface area contributed by atoms with E-state index in [1.165, 1.54) is 4.90 Å². The summed E-state index contributed by atoms with van der Waals surface area (Å²) in [6.45, 7) is 7.31. The van der Waals surface area contributed by atoms with Gasteiger partial charge in [0.2, 0.25) is 0 Å². The van der Waals surface area contributed by atoms with Crippen molar-refractivity contribution in [3.63, 3.8) is 0 Å². The Labute approximate surface area is 252 Å². The highest BCUT2D eigenvalue weighted by atomic mass is 79.9. The van der Waals surface area contributed by atoms with Crippen molar-refractivity contribution in [2.45, 2.75) is 51.9 Å². The summed E-state index contributed by atoms with van der Waals surface area (Å²) in [4.78, 5) is 19.1. The minimum atomic E-state index is -0.964. The third-order valence-electron chi connectivity index (χ3n) is 7.49. The second-order valence-electron chi connectivity index (χ2n) is 12.3. The first kappa shape index (κ1) is 28.1. The van der Waals surface area contributed by atoms with Crippen molar-refractivity contribution in [3.05, 3.63) is 75.6 Å². The summed E-state index contributed by atoms with van der Waals surface area (Å²) < 4.78 is 16.1. The maximum Gasteiger partial charge on any atom is 0.254 e. The van der Waals surface area contributed by atoms with Gasteiger partial charge in [0.05, 0.1) is 48.1 Å². The Balaban J connectivity index is 1.40. The molecule has 2 fully saturated rings. The summed E-state index contributed by atoms with van der Waals surface area (Å²) in [5, 5.41) is 26.6. The Morgan fingerprint density at radius 1 is 1.24 bits per heavy atom. The zero-order valence-corrected chi connectivity index (χ0v) is 25.3. The number of hydrogen-bond donors (Lipinski definition) is 2. The van der Waals surface area contributed by atoms with Crippen LogP contribution in [-0.4, -0.2) is 56.6 Å². The molecule has 3 heterocycles. The summed E-state index contributed by atoms with van der Waals surface area (Å²) in [6.07, 6.45) is 4.73. The fourth-order valence-electron chi connectivity index (χ4n) is 5.03. The second kappa shape index (κ2) is 11.0. The molecule has 1 unspecified atom stereocenters. The third kappa shape index (κ3) is 5.81. The lowest BCUT2D eigenvalue weighted by molar-refractivity contribution is 0.0400. The van der Waals surface area contributed by atoms with Crippen LogP contribution >= 0.6 is 15.9 Å². The first-order valence-corrected chi connectivity index (χ1v) is 14.9. The van der Waals surface area contributed by atoms with Gasteiger partial charge in [-0.05, 0) is 64.0 Å². The average Bonchev–Trinajstić information content (AvgIpc) is 3.68. The number of benzene rings is 2. The molecule has 4 aromatic rings. The number of rotatable bonds is 8. The van der Waals surface area contributed by atoms with Crippen molar-refractivity contribution in [3.8, 4) is 6.07 Å². The number of fused-ring (bicyclic) bond motifs is 1. The molecular weight excluding hydrogens is 599 g/mol. The summed E-state index contributed by atoms with van der Waals surface area (Å²) in [5.74, 6) is -0.191. The van der Waals surface area contributed by atoms with E-state index in [4.69, 9.17) is 0 Å². The van der Waals surface area contributed by atoms with Crippen molar-refractivity contribution >= 4 is 44.1 Å². The van der Waals surface area contributed by atoms with E-state index in [1.807, 2.05) is 41.2 Å². The lowest BCUT2D eigenvalue weighted by Gasteiger charge is -2.34. The van der Waals surface area contributed by atoms with E-state index >= 15 is 0 Å². The molecule has 216 valence electrons. The van der Waals surface area contributed by atoms with E-state index in [9.17, 15) is 14.4 Å². The van der Waals surface area contributed by atoms with Gasteiger partial charge in [-0.15, -0.1) is 5.10 Å². The minimum Gasteiger partial charge on any atom is -0.383 e. The number of nitriles is 1.